The molecule has 4 nitrogen and oxygen atoms in total. The summed E-state index contributed by atoms with van der Waals surface area (Å²) in [5, 5.41) is -0.126. The van der Waals surface area contributed by atoms with Crippen LogP contribution >= 0.6 is 7.60 Å². The Morgan fingerprint density at radius 3 is 2.32 bits per heavy atom. The lowest BCUT2D eigenvalue weighted by Crippen LogP contribution is -2.25. The van der Waals surface area contributed by atoms with Gasteiger partial charge in [0.15, 0.2) is 5.78 Å². The van der Waals surface area contributed by atoms with Crippen LogP contribution in [0.4, 0.5) is 0 Å². The maximum Gasteiger partial charge on any atom is 0.356 e. The highest BCUT2D eigenvalue weighted by molar-refractivity contribution is 7.60. The van der Waals surface area contributed by atoms with Gasteiger partial charge in [0.25, 0.3) is 0 Å². The molecule has 0 aromatic heterocycles. The molecule has 1 unspecified atom stereocenters. The second kappa shape index (κ2) is 8.05. The summed E-state index contributed by atoms with van der Waals surface area (Å²) in [6.07, 6.45) is 3.39. The van der Waals surface area contributed by atoms with Crippen molar-refractivity contribution in [2.24, 2.45) is 5.92 Å². The molecule has 1 aromatic carbocycles. The Bertz CT molecular complexity index is 560. The van der Waals surface area contributed by atoms with Crippen LogP contribution in [0.15, 0.2) is 18.2 Å². The lowest BCUT2D eigenvalue weighted by Gasteiger charge is -2.21. The Kier molecular flexibility index (Phi) is 6.98. The van der Waals surface area contributed by atoms with Crippen molar-refractivity contribution >= 4 is 18.7 Å². The zero-order valence-corrected chi connectivity index (χ0v) is 14.8. The minimum Gasteiger partial charge on any atom is -0.321 e. The first-order valence-corrected chi connectivity index (χ1v) is 9.58. The summed E-state index contributed by atoms with van der Waals surface area (Å²) in [7, 11) is -4.47. The van der Waals surface area contributed by atoms with Gasteiger partial charge in [-0.3, -0.25) is 9.36 Å². The van der Waals surface area contributed by atoms with Crippen LogP contribution in [-0.2, 0) is 4.57 Å². The maximum atomic E-state index is 12.9. The minimum atomic E-state index is -4.47. The van der Waals surface area contributed by atoms with Gasteiger partial charge in [-0.05, 0) is 30.4 Å². The highest BCUT2D eigenvalue weighted by atomic mass is 31.2. The van der Waals surface area contributed by atoms with E-state index in [2.05, 4.69) is 6.92 Å². The molecule has 0 fully saturated rings. The number of benzene rings is 1. The first-order valence-electron chi connectivity index (χ1n) is 7.97. The number of rotatable bonds is 8. The second-order valence-corrected chi connectivity index (χ2v) is 7.62. The average molecular weight is 326 g/mol. The number of carbonyl (C=O) groups is 1. The van der Waals surface area contributed by atoms with Crippen molar-refractivity contribution < 1.29 is 19.1 Å². The number of ketones is 1. The fourth-order valence-electron chi connectivity index (χ4n) is 2.73. The van der Waals surface area contributed by atoms with E-state index >= 15 is 0 Å². The zero-order chi connectivity index (χ0) is 16.9. The van der Waals surface area contributed by atoms with Crippen LogP contribution < -0.4 is 5.30 Å². The van der Waals surface area contributed by atoms with Gasteiger partial charge in [-0.1, -0.05) is 52.7 Å². The van der Waals surface area contributed by atoms with E-state index in [0.29, 0.717) is 6.42 Å². The summed E-state index contributed by atoms with van der Waals surface area (Å²) in [5.74, 6) is -0.266. The number of Topliss-reactive ketones (excluding diaryl/α,β-unsaturated/α-hetero) is 1. The summed E-state index contributed by atoms with van der Waals surface area (Å²) >= 11 is 0. The molecule has 22 heavy (non-hydrogen) atoms. The molecule has 1 aromatic rings. The summed E-state index contributed by atoms with van der Waals surface area (Å²) in [6, 6.07) is 4.80. The predicted molar refractivity (Wildman–Crippen MR) is 89.8 cm³/mol. The van der Waals surface area contributed by atoms with Crippen LogP contribution in [0.1, 0.15) is 75.2 Å². The molecule has 0 spiro atoms. The molecule has 0 aliphatic rings. The zero-order valence-electron chi connectivity index (χ0n) is 13.9. The van der Waals surface area contributed by atoms with E-state index in [1.165, 1.54) is 6.07 Å². The van der Waals surface area contributed by atoms with Gasteiger partial charge in [-0.15, -0.1) is 0 Å². The summed E-state index contributed by atoms with van der Waals surface area (Å²) < 4.78 is 11.8. The van der Waals surface area contributed by atoms with Crippen molar-refractivity contribution in [1.29, 1.82) is 0 Å². The monoisotopic (exact) mass is 326 g/mol. The van der Waals surface area contributed by atoms with Crippen molar-refractivity contribution in [3.63, 3.8) is 0 Å². The SMILES string of the molecule is CCCCC(CC)C(=O)c1c(C(C)C)cccc1P(=O)(O)O. The molecule has 0 radical (unpaired) electrons. The fraction of sp³-hybridized carbons (Fsp3) is 0.588. The smallest absolute Gasteiger partial charge is 0.321 e. The van der Waals surface area contributed by atoms with Crippen molar-refractivity contribution in [3.8, 4) is 0 Å². The van der Waals surface area contributed by atoms with Gasteiger partial charge in [0.05, 0.1) is 5.30 Å². The van der Waals surface area contributed by atoms with Gasteiger partial charge in [-0.2, -0.15) is 0 Å². The maximum absolute atomic E-state index is 12.9. The van der Waals surface area contributed by atoms with Gasteiger partial charge in [0, 0.05) is 11.5 Å². The Morgan fingerprint density at radius 2 is 1.86 bits per heavy atom. The quantitative estimate of drug-likeness (QED) is 0.559. The van der Waals surface area contributed by atoms with Crippen LogP contribution in [0.3, 0.4) is 0 Å². The van der Waals surface area contributed by atoms with Gasteiger partial charge in [0.1, 0.15) is 0 Å². The normalized spacial score (nSPS) is 13.4. The topological polar surface area (TPSA) is 74.6 Å². The molecule has 5 heteroatoms. The highest BCUT2D eigenvalue weighted by Crippen LogP contribution is 2.38. The molecule has 0 bridgehead atoms. The molecule has 2 N–H and O–H groups in total. The Hall–Kier alpha value is -0.960. The number of carbonyl (C=O) groups excluding carboxylic acids is 1. The van der Waals surface area contributed by atoms with E-state index in [4.69, 9.17) is 0 Å². The van der Waals surface area contributed by atoms with Crippen LogP contribution in [0.25, 0.3) is 0 Å². The third-order valence-corrected chi connectivity index (χ3v) is 5.03. The van der Waals surface area contributed by atoms with Crippen LogP contribution in [0.2, 0.25) is 0 Å². The van der Waals surface area contributed by atoms with E-state index in [1.54, 1.807) is 12.1 Å². The molecule has 1 rings (SSSR count). The lowest BCUT2D eigenvalue weighted by molar-refractivity contribution is 0.0907. The molecule has 0 saturated carbocycles. The Morgan fingerprint density at radius 1 is 1.23 bits per heavy atom. The fourth-order valence-corrected chi connectivity index (χ4v) is 3.54. The number of unbranched alkanes of at least 4 members (excludes halogenated alkanes) is 1. The van der Waals surface area contributed by atoms with Gasteiger partial charge in [-0.25, -0.2) is 0 Å². The predicted octanol–water partition coefficient (Wildman–Crippen LogP) is 4.01. The third kappa shape index (κ3) is 4.52. The van der Waals surface area contributed by atoms with Crippen molar-refractivity contribution in [2.45, 2.75) is 59.3 Å². The molecule has 0 amide bonds. The Labute approximate surface area is 133 Å². The molecule has 124 valence electrons. The molecule has 0 heterocycles. The van der Waals surface area contributed by atoms with Crippen molar-refractivity contribution in [3.05, 3.63) is 29.3 Å². The molecule has 0 saturated heterocycles. The van der Waals surface area contributed by atoms with Crippen molar-refractivity contribution in [1.82, 2.24) is 0 Å². The molecule has 0 aliphatic heterocycles. The molecular weight excluding hydrogens is 299 g/mol. The Balaban J connectivity index is 3.41. The van der Waals surface area contributed by atoms with Crippen molar-refractivity contribution in [2.75, 3.05) is 0 Å². The lowest BCUT2D eigenvalue weighted by atomic mass is 9.86. The largest absolute Gasteiger partial charge is 0.356 e. The highest BCUT2D eigenvalue weighted by Gasteiger charge is 2.30. The van der Waals surface area contributed by atoms with Crippen LogP contribution in [0.5, 0.6) is 0 Å². The van der Waals surface area contributed by atoms with E-state index in [-0.39, 0.29) is 28.5 Å². The molecule has 1 atom stereocenters. The van der Waals surface area contributed by atoms with E-state index in [0.717, 1.165) is 24.8 Å². The van der Waals surface area contributed by atoms with Gasteiger partial charge < -0.3 is 9.79 Å². The first-order chi connectivity index (χ1) is 10.2. The second-order valence-electron chi connectivity index (χ2n) is 6.05. The molecule has 0 aliphatic carbocycles. The molecular formula is C17H27O4P. The van der Waals surface area contributed by atoms with Gasteiger partial charge >= 0.3 is 7.60 Å². The first kappa shape index (κ1) is 19.1. The number of hydrogen-bond donors (Lipinski definition) is 2. The van der Waals surface area contributed by atoms with E-state index < -0.39 is 7.60 Å². The van der Waals surface area contributed by atoms with Crippen LogP contribution in [-0.4, -0.2) is 15.6 Å². The van der Waals surface area contributed by atoms with Gasteiger partial charge in [0.2, 0.25) is 0 Å². The average Bonchev–Trinajstić information content (AvgIpc) is 2.45. The summed E-state index contributed by atoms with van der Waals surface area (Å²) in [4.78, 5) is 32.2. The number of hydrogen-bond acceptors (Lipinski definition) is 2. The standard InChI is InChI=1S/C17H27O4P/c1-5-7-9-13(6-2)17(18)16-14(12(3)4)10-8-11-15(16)22(19,20)21/h8,10-13H,5-7,9H2,1-4H3,(H2,19,20,21). The van der Waals surface area contributed by atoms with Crippen LogP contribution in [0, 0.1) is 5.92 Å². The summed E-state index contributed by atoms with van der Waals surface area (Å²) in [6.45, 7) is 7.89. The van der Waals surface area contributed by atoms with E-state index in [1.807, 2.05) is 20.8 Å². The van der Waals surface area contributed by atoms with E-state index in [9.17, 15) is 19.1 Å². The minimum absolute atomic E-state index is 0.0362. The third-order valence-electron chi connectivity index (χ3n) is 4.03. The summed E-state index contributed by atoms with van der Waals surface area (Å²) in [5.41, 5.74) is 0.967.